The van der Waals surface area contributed by atoms with Gasteiger partial charge in [0, 0.05) is 50.9 Å². The van der Waals surface area contributed by atoms with Crippen LogP contribution in [0.25, 0.3) is 0 Å². The Bertz CT molecular complexity index is 591. The molecule has 1 aromatic carbocycles. The zero-order valence-corrected chi connectivity index (χ0v) is 13.7. The molecule has 2 rings (SSSR count). The predicted octanol–water partition coefficient (Wildman–Crippen LogP) is 1.90. The summed E-state index contributed by atoms with van der Waals surface area (Å²) in [6, 6.07) is 6.71. The van der Waals surface area contributed by atoms with Crippen LogP contribution in [0.2, 0.25) is 0 Å². The van der Waals surface area contributed by atoms with Gasteiger partial charge < -0.3 is 10.2 Å². The monoisotopic (exact) mass is 317 g/mol. The highest BCUT2D eigenvalue weighted by atomic mass is 16.6. The maximum atomic E-state index is 10.8. The third-order valence-corrected chi connectivity index (χ3v) is 4.40. The Morgan fingerprint density at radius 3 is 2.65 bits per heavy atom. The van der Waals surface area contributed by atoms with Gasteiger partial charge in [0.2, 0.25) is 0 Å². The highest BCUT2D eigenvalue weighted by Crippen LogP contribution is 2.21. The van der Waals surface area contributed by atoms with E-state index in [0.29, 0.717) is 23.8 Å². The van der Waals surface area contributed by atoms with Gasteiger partial charge >= 0.3 is 0 Å². The fourth-order valence-electron chi connectivity index (χ4n) is 2.80. The van der Waals surface area contributed by atoms with E-state index in [-0.39, 0.29) is 5.69 Å². The molecule has 1 aliphatic heterocycles. The van der Waals surface area contributed by atoms with E-state index < -0.39 is 4.92 Å². The van der Waals surface area contributed by atoms with Crippen molar-refractivity contribution in [2.75, 3.05) is 44.6 Å². The fraction of sp³-hybridized carbons (Fsp3) is 0.562. The lowest BCUT2D eigenvalue weighted by Gasteiger charge is -2.37. The molecule has 7 heteroatoms. The second-order valence-corrected chi connectivity index (χ2v) is 5.80. The predicted molar refractivity (Wildman–Crippen MR) is 89.5 cm³/mol. The lowest BCUT2D eigenvalue weighted by atomic mass is 10.1. The molecule has 1 fully saturated rings. The molecular formula is C16H23N5O2. The van der Waals surface area contributed by atoms with Crippen LogP contribution in [0.3, 0.4) is 0 Å². The van der Waals surface area contributed by atoms with E-state index in [0.717, 1.165) is 32.7 Å². The van der Waals surface area contributed by atoms with Gasteiger partial charge in [-0.1, -0.05) is 6.92 Å². The molecule has 0 amide bonds. The van der Waals surface area contributed by atoms with Crippen LogP contribution in [0.1, 0.15) is 19.4 Å². The minimum atomic E-state index is -0.486. The second-order valence-electron chi connectivity index (χ2n) is 5.80. The van der Waals surface area contributed by atoms with E-state index in [1.807, 2.05) is 6.07 Å². The van der Waals surface area contributed by atoms with Crippen LogP contribution in [0.4, 0.5) is 11.4 Å². The summed E-state index contributed by atoms with van der Waals surface area (Å²) in [5.74, 6) is 0. The average Bonchev–Trinajstić information content (AvgIpc) is 2.59. The van der Waals surface area contributed by atoms with Gasteiger partial charge in [0.1, 0.15) is 6.07 Å². The number of hydrogen-bond acceptors (Lipinski definition) is 6. The van der Waals surface area contributed by atoms with Crippen LogP contribution in [-0.4, -0.2) is 60.0 Å². The Morgan fingerprint density at radius 1 is 1.39 bits per heavy atom. The molecule has 1 aliphatic rings. The van der Waals surface area contributed by atoms with Gasteiger partial charge in [-0.25, -0.2) is 0 Å². The highest BCUT2D eigenvalue weighted by molar-refractivity contribution is 5.61. The van der Waals surface area contributed by atoms with E-state index >= 15 is 0 Å². The third kappa shape index (κ3) is 4.41. The normalized spacial score (nSPS) is 17.4. The SMILES string of the molecule is CCN1CCN(C(C)CNc2ccc([N+](=O)[O-])cc2C#N)CC1. The first kappa shape index (κ1) is 17.2. The van der Waals surface area contributed by atoms with Crippen molar-refractivity contribution < 1.29 is 4.92 Å². The van der Waals surface area contributed by atoms with Crippen LogP contribution < -0.4 is 5.32 Å². The molecule has 0 aliphatic carbocycles. The van der Waals surface area contributed by atoms with Crippen molar-refractivity contribution in [3.05, 3.63) is 33.9 Å². The number of rotatable bonds is 6. The molecule has 1 atom stereocenters. The van der Waals surface area contributed by atoms with Gasteiger partial charge in [0.15, 0.2) is 0 Å². The van der Waals surface area contributed by atoms with E-state index in [1.165, 1.54) is 12.1 Å². The maximum absolute atomic E-state index is 10.8. The zero-order valence-electron chi connectivity index (χ0n) is 13.7. The van der Waals surface area contributed by atoms with Gasteiger partial charge in [-0.05, 0) is 19.5 Å². The van der Waals surface area contributed by atoms with Gasteiger partial charge in [0.05, 0.1) is 16.2 Å². The molecule has 1 saturated heterocycles. The molecule has 0 spiro atoms. The first-order valence-corrected chi connectivity index (χ1v) is 7.94. The van der Waals surface area contributed by atoms with E-state index in [1.54, 1.807) is 6.07 Å². The van der Waals surface area contributed by atoms with Crippen molar-refractivity contribution in [3.8, 4) is 6.07 Å². The van der Waals surface area contributed by atoms with Crippen molar-refractivity contribution in [1.29, 1.82) is 5.26 Å². The molecule has 0 bridgehead atoms. The quantitative estimate of drug-likeness (QED) is 0.637. The Morgan fingerprint density at radius 2 is 2.09 bits per heavy atom. The number of nitrogens with zero attached hydrogens (tertiary/aromatic N) is 4. The summed E-state index contributed by atoms with van der Waals surface area (Å²) >= 11 is 0. The first-order chi connectivity index (χ1) is 11.0. The molecule has 7 nitrogen and oxygen atoms in total. The van der Waals surface area contributed by atoms with Gasteiger partial charge in [-0.3, -0.25) is 15.0 Å². The maximum Gasteiger partial charge on any atom is 0.270 e. The Labute approximate surface area is 136 Å². The average molecular weight is 317 g/mol. The smallest absolute Gasteiger partial charge is 0.270 e. The molecule has 0 saturated carbocycles. The van der Waals surface area contributed by atoms with E-state index in [2.05, 4.69) is 29.0 Å². The number of benzene rings is 1. The summed E-state index contributed by atoms with van der Waals surface area (Å²) in [5.41, 5.74) is 0.898. The Balaban J connectivity index is 1.93. The van der Waals surface area contributed by atoms with Crippen molar-refractivity contribution in [1.82, 2.24) is 9.80 Å². The number of nitrogens with one attached hydrogen (secondary N) is 1. The highest BCUT2D eigenvalue weighted by Gasteiger charge is 2.20. The summed E-state index contributed by atoms with van der Waals surface area (Å²) in [6.07, 6.45) is 0. The van der Waals surface area contributed by atoms with Crippen molar-refractivity contribution in [3.63, 3.8) is 0 Å². The summed E-state index contributed by atoms with van der Waals surface area (Å²) in [7, 11) is 0. The summed E-state index contributed by atoms with van der Waals surface area (Å²) < 4.78 is 0. The van der Waals surface area contributed by atoms with E-state index in [9.17, 15) is 10.1 Å². The number of nitro groups is 1. The molecule has 1 unspecified atom stereocenters. The van der Waals surface area contributed by atoms with Crippen LogP contribution in [-0.2, 0) is 0 Å². The topological polar surface area (TPSA) is 85.4 Å². The van der Waals surface area contributed by atoms with Crippen LogP contribution in [0, 0.1) is 21.4 Å². The van der Waals surface area contributed by atoms with Gasteiger partial charge in [-0.2, -0.15) is 5.26 Å². The molecule has 0 radical (unpaired) electrons. The number of non-ortho nitro benzene ring substituents is 1. The number of anilines is 1. The zero-order chi connectivity index (χ0) is 16.8. The van der Waals surface area contributed by atoms with Crippen molar-refractivity contribution >= 4 is 11.4 Å². The van der Waals surface area contributed by atoms with Gasteiger partial charge in [-0.15, -0.1) is 0 Å². The number of hydrogen-bond donors (Lipinski definition) is 1. The molecular weight excluding hydrogens is 294 g/mol. The molecule has 1 aromatic rings. The molecule has 1 heterocycles. The van der Waals surface area contributed by atoms with Crippen molar-refractivity contribution in [2.45, 2.75) is 19.9 Å². The minimum absolute atomic E-state index is 0.0594. The summed E-state index contributed by atoms with van der Waals surface area (Å²) in [4.78, 5) is 15.1. The Kier molecular flexibility index (Phi) is 5.90. The van der Waals surface area contributed by atoms with Crippen LogP contribution in [0.15, 0.2) is 18.2 Å². The van der Waals surface area contributed by atoms with Gasteiger partial charge in [0.25, 0.3) is 5.69 Å². The number of nitro benzene ring substituents is 1. The molecule has 1 N–H and O–H groups in total. The largest absolute Gasteiger partial charge is 0.382 e. The first-order valence-electron chi connectivity index (χ1n) is 7.94. The Hall–Kier alpha value is -2.17. The lowest BCUT2D eigenvalue weighted by molar-refractivity contribution is -0.384. The molecule has 124 valence electrons. The van der Waals surface area contributed by atoms with Crippen molar-refractivity contribution in [2.24, 2.45) is 0 Å². The second kappa shape index (κ2) is 7.90. The standard InChI is InChI=1S/C16H23N5O2/c1-3-19-6-8-20(9-7-19)13(2)12-18-16-5-4-15(21(22)23)10-14(16)11-17/h4-5,10,13,18H,3,6-9,12H2,1-2H3. The lowest BCUT2D eigenvalue weighted by Crippen LogP contribution is -2.51. The summed E-state index contributed by atoms with van der Waals surface area (Å²) in [6.45, 7) is 10.4. The van der Waals surface area contributed by atoms with Crippen LogP contribution >= 0.6 is 0 Å². The summed E-state index contributed by atoms with van der Waals surface area (Å²) in [5, 5.41) is 23.2. The minimum Gasteiger partial charge on any atom is -0.382 e. The van der Waals surface area contributed by atoms with Crippen LogP contribution in [0.5, 0.6) is 0 Å². The number of piperazine rings is 1. The fourth-order valence-corrected chi connectivity index (χ4v) is 2.80. The molecule has 23 heavy (non-hydrogen) atoms. The number of nitriles is 1. The third-order valence-electron chi connectivity index (χ3n) is 4.40. The number of likely N-dealkylation sites (N-methyl/N-ethyl adjacent to an activating group) is 1. The molecule has 0 aromatic heterocycles. The van der Waals surface area contributed by atoms with E-state index in [4.69, 9.17) is 5.26 Å².